The highest BCUT2D eigenvalue weighted by atomic mass is 16.4. The summed E-state index contributed by atoms with van der Waals surface area (Å²) in [6.45, 7) is 1.70. The van der Waals surface area contributed by atoms with E-state index in [2.05, 4.69) is 30.9 Å². The summed E-state index contributed by atoms with van der Waals surface area (Å²) < 4.78 is 0. The van der Waals surface area contributed by atoms with Gasteiger partial charge in [0, 0.05) is 18.6 Å². The lowest BCUT2D eigenvalue weighted by Gasteiger charge is -2.50. The first-order chi connectivity index (χ1) is 9.90. The van der Waals surface area contributed by atoms with Gasteiger partial charge < -0.3 is 14.9 Å². The van der Waals surface area contributed by atoms with E-state index in [1.54, 1.807) is 0 Å². The molecule has 0 atom stereocenters. The van der Waals surface area contributed by atoms with E-state index in [4.69, 9.17) is 0 Å². The molecule has 0 heterocycles. The van der Waals surface area contributed by atoms with Gasteiger partial charge in [-0.1, -0.05) is 25.7 Å². The van der Waals surface area contributed by atoms with Crippen LogP contribution in [0.4, 0.5) is 0 Å². The normalized spacial score (nSPS) is 24.6. The Kier molecular flexibility index (Phi) is 5.31. The molecule has 2 aliphatic carbocycles. The summed E-state index contributed by atoms with van der Waals surface area (Å²) in [6, 6.07) is 0. The Morgan fingerprint density at radius 2 is 1.48 bits per heavy atom. The number of hydrogen-bond acceptors (Lipinski definition) is 3. The zero-order valence-electron chi connectivity index (χ0n) is 14.0. The van der Waals surface area contributed by atoms with Gasteiger partial charge in [0.15, 0.2) is 0 Å². The number of nitrogens with zero attached hydrogens (tertiary/aromatic N) is 2. The predicted molar refractivity (Wildman–Crippen MR) is 85.5 cm³/mol. The van der Waals surface area contributed by atoms with Crippen LogP contribution in [0.2, 0.25) is 0 Å². The Balaban J connectivity index is 2.01. The van der Waals surface area contributed by atoms with Crippen LogP contribution in [-0.2, 0) is 4.79 Å². The van der Waals surface area contributed by atoms with Crippen molar-refractivity contribution in [1.29, 1.82) is 0 Å². The van der Waals surface area contributed by atoms with Gasteiger partial charge in [-0.15, -0.1) is 0 Å². The van der Waals surface area contributed by atoms with Crippen molar-refractivity contribution in [3.8, 4) is 0 Å². The van der Waals surface area contributed by atoms with Gasteiger partial charge >= 0.3 is 5.97 Å². The number of aliphatic carboxylic acids is 1. The van der Waals surface area contributed by atoms with Gasteiger partial charge in [-0.05, 0) is 53.2 Å². The maximum Gasteiger partial charge on any atom is 0.310 e. The molecule has 0 bridgehead atoms. The summed E-state index contributed by atoms with van der Waals surface area (Å²) in [7, 11) is 6.43. The molecule has 4 heteroatoms. The van der Waals surface area contributed by atoms with E-state index in [1.807, 2.05) is 0 Å². The van der Waals surface area contributed by atoms with Gasteiger partial charge in [0.05, 0.1) is 5.41 Å². The molecular weight excluding hydrogens is 264 g/mol. The Hall–Kier alpha value is -0.610. The van der Waals surface area contributed by atoms with E-state index in [-0.39, 0.29) is 5.54 Å². The van der Waals surface area contributed by atoms with Crippen molar-refractivity contribution in [1.82, 2.24) is 9.80 Å². The molecule has 0 unspecified atom stereocenters. The fourth-order valence-corrected chi connectivity index (χ4v) is 4.25. The van der Waals surface area contributed by atoms with Crippen LogP contribution in [0.3, 0.4) is 0 Å². The lowest BCUT2D eigenvalue weighted by molar-refractivity contribution is -0.151. The molecule has 0 aliphatic heterocycles. The predicted octanol–water partition coefficient (Wildman–Crippen LogP) is 2.83. The fourth-order valence-electron chi connectivity index (χ4n) is 4.25. The van der Waals surface area contributed by atoms with E-state index < -0.39 is 11.4 Å². The topological polar surface area (TPSA) is 43.8 Å². The summed E-state index contributed by atoms with van der Waals surface area (Å²) in [6.07, 6.45) is 10.0. The second-order valence-electron chi connectivity index (χ2n) is 7.64. The molecule has 0 saturated heterocycles. The molecule has 2 saturated carbocycles. The first kappa shape index (κ1) is 16.8. The van der Waals surface area contributed by atoms with Crippen LogP contribution >= 0.6 is 0 Å². The maximum atomic E-state index is 11.9. The average molecular weight is 296 g/mol. The number of carboxylic acids is 1. The molecule has 122 valence electrons. The number of carbonyl (C=O) groups is 1. The minimum atomic E-state index is -0.580. The highest BCUT2D eigenvalue weighted by molar-refractivity contribution is 5.75. The molecule has 2 rings (SSSR count). The molecule has 0 aromatic rings. The Bertz CT molecular complexity index is 356. The lowest BCUT2D eigenvalue weighted by Crippen LogP contribution is -2.58. The van der Waals surface area contributed by atoms with Gasteiger partial charge in [-0.3, -0.25) is 4.79 Å². The number of likely N-dealkylation sites (N-methyl/N-ethyl adjacent to an activating group) is 2. The third kappa shape index (κ3) is 3.59. The number of rotatable bonds is 6. The lowest BCUT2D eigenvalue weighted by atomic mass is 9.74. The highest BCUT2D eigenvalue weighted by Crippen LogP contribution is 2.39. The van der Waals surface area contributed by atoms with E-state index >= 15 is 0 Å². The van der Waals surface area contributed by atoms with E-state index in [1.165, 1.54) is 32.1 Å². The Labute approximate surface area is 129 Å². The average Bonchev–Trinajstić information content (AvgIpc) is 2.60. The second-order valence-corrected chi connectivity index (χ2v) is 7.64. The molecular formula is C17H32N2O2. The van der Waals surface area contributed by atoms with Crippen molar-refractivity contribution >= 4 is 5.97 Å². The largest absolute Gasteiger partial charge is 0.481 e. The van der Waals surface area contributed by atoms with Gasteiger partial charge in [0.25, 0.3) is 0 Å². The summed E-state index contributed by atoms with van der Waals surface area (Å²) >= 11 is 0. The van der Waals surface area contributed by atoms with Crippen LogP contribution in [-0.4, -0.2) is 60.6 Å². The van der Waals surface area contributed by atoms with E-state index in [9.17, 15) is 9.90 Å². The smallest absolute Gasteiger partial charge is 0.310 e. The molecule has 0 aromatic carbocycles. The Morgan fingerprint density at radius 1 is 0.905 bits per heavy atom. The van der Waals surface area contributed by atoms with E-state index in [0.29, 0.717) is 6.54 Å². The monoisotopic (exact) mass is 296 g/mol. The molecule has 0 radical (unpaired) electrons. The van der Waals surface area contributed by atoms with Crippen LogP contribution in [0.15, 0.2) is 0 Å². The standard InChI is InChI=1S/C17H32N2O2/c1-18(2)17(11-8-12-17)14-19(3)13-16(15(20)21)9-6-4-5-7-10-16/h4-14H2,1-3H3,(H,20,21). The Morgan fingerprint density at radius 3 is 1.86 bits per heavy atom. The van der Waals surface area contributed by atoms with Crippen molar-refractivity contribution in [3.63, 3.8) is 0 Å². The minimum absolute atomic E-state index is 0.277. The molecule has 0 amide bonds. The molecule has 0 spiro atoms. The van der Waals surface area contributed by atoms with Gasteiger partial charge in [-0.2, -0.15) is 0 Å². The summed E-state index contributed by atoms with van der Waals surface area (Å²) in [4.78, 5) is 16.5. The number of hydrogen-bond donors (Lipinski definition) is 1. The van der Waals surface area contributed by atoms with Crippen LogP contribution in [0.5, 0.6) is 0 Å². The van der Waals surface area contributed by atoms with Gasteiger partial charge in [0.1, 0.15) is 0 Å². The van der Waals surface area contributed by atoms with Crippen molar-refractivity contribution in [2.24, 2.45) is 5.41 Å². The van der Waals surface area contributed by atoms with E-state index in [0.717, 1.165) is 32.2 Å². The van der Waals surface area contributed by atoms with Crippen LogP contribution in [0, 0.1) is 5.41 Å². The molecule has 1 N–H and O–H groups in total. The summed E-state index contributed by atoms with van der Waals surface area (Å²) in [5.74, 6) is -0.580. The second kappa shape index (κ2) is 6.66. The fraction of sp³-hybridized carbons (Fsp3) is 0.941. The van der Waals surface area contributed by atoms with Crippen LogP contribution < -0.4 is 0 Å². The summed E-state index contributed by atoms with van der Waals surface area (Å²) in [5, 5.41) is 9.80. The zero-order chi connectivity index (χ0) is 15.5. The molecule has 21 heavy (non-hydrogen) atoms. The van der Waals surface area contributed by atoms with Crippen molar-refractivity contribution < 1.29 is 9.90 Å². The van der Waals surface area contributed by atoms with Crippen molar-refractivity contribution in [3.05, 3.63) is 0 Å². The summed E-state index contributed by atoms with van der Waals surface area (Å²) in [5.41, 5.74) is -0.234. The molecule has 4 nitrogen and oxygen atoms in total. The minimum Gasteiger partial charge on any atom is -0.481 e. The molecule has 0 aromatic heterocycles. The third-order valence-corrected chi connectivity index (χ3v) is 5.88. The first-order valence-corrected chi connectivity index (χ1v) is 8.50. The SMILES string of the molecule is CN(CC1(C(=O)O)CCCCCC1)CC1(N(C)C)CCC1. The highest BCUT2D eigenvalue weighted by Gasteiger charge is 2.43. The quantitative estimate of drug-likeness (QED) is 0.766. The maximum absolute atomic E-state index is 11.9. The van der Waals surface area contributed by atoms with Gasteiger partial charge in [-0.25, -0.2) is 0 Å². The molecule has 2 aliphatic rings. The zero-order valence-corrected chi connectivity index (χ0v) is 14.0. The van der Waals surface area contributed by atoms with Crippen LogP contribution in [0.25, 0.3) is 0 Å². The number of carboxylic acid groups (broad SMARTS) is 1. The molecule has 2 fully saturated rings. The third-order valence-electron chi connectivity index (χ3n) is 5.88. The van der Waals surface area contributed by atoms with Crippen LogP contribution in [0.1, 0.15) is 57.8 Å². The van der Waals surface area contributed by atoms with Crippen molar-refractivity contribution in [2.45, 2.75) is 63.3 Å². The first-order valence-electron chi connectivity index (χ1n) is 8.50. The van der Waals surface area contributed by atoms with Gasteiger partial charge in [0.2, 0.25) is 0 Å². The van der Waals surface area contributed by atoms with Crippen molar-refractivity contribution in [2.75, 3.05) is 34.2 Å².